The lowest BCUT2D eigenvalue weighted by molar-refractivity contribution is -0.125. The minimum absolute atomic E-state index is 0.0246. The lowest BCUT2D eigenvalue weighted by Gasteiger charge is -2.41. The van der Waals surface area contributed by atoms with Crippen LogP contribution >= 0.6 is 0 Å². The molecule has 142 valence electrons. The minimum atomic E-state index is -0.176. The molecule has 2 atom stereocenters. The number of aryl methyl sites for hydroxylation is 1. The van der Waals surface area contributed by atoms with E-state index in [1.165, 1.54) is 32.1 Å². The first-order valence-electron chi connectivity index (χ1n) is 10.0. The van der Waals surface area contributed by atoms with E-state index >= 15 is 0 Å². The first-order valence-corrected chi connectivity index (χ1v) is 10.0. The topological polar surface area (TPSA) is 61.4 Å². The summed E-state index contributed by atoms with van der Waals surface area (Å²) in [5.74, 6) is 1.40. The van der Waals surface area contributed by atoms with Crippen LogP contribution < -0.4 is 10.6 Å². The number of nitrogens with one attached hydrogen (secondary N) is 2. The Balaban J connectivity index is 1.40. The number of para-hydroxylation sites is 1. The maximum Gasteiger partial charge on any atom is 0.243 e. The van der Waals surface area contributed by atoms with Crippen LogP contribution in [0.15, 0.2) is 24.3 Å². The molecule has 1 heterocycles. The summed E-state index contributed by atoms with van der Waals surface area (Å²) in [4.78, 5) is 26.6. The molecule has 2 N–H and O–H groups in total. The van der Waals surface area contributed by atoms with Crippen molar-refractivity contribution in [3.8, 4) is 0 Å². The van der Waals surface area contributed by atoms with Gasteiger partial charge in [0.1, 0.15) is 0 Å². The van der Waals surface area contributed by atoms with Gasteiger partial charge in [-0.25, -0.2) is 0 Å². The number of benzene rings is 1. The molecule has 2 aliphatic rings. The minimum Gasteiger partial charge on any atom is -0.346 e. The summed E-state index contributed by atoms with van der Waals surface area (Å²) in [6, 6.07) is 7.77. The van der Waals surface area contributed by atoms with Crippen LogP contribution in [-0.2, 0) is 16.0 Å². The predicted molar refractivity (Wildman–Crippen MR) is 104 cm³/mol. The van der Waals surface area contributed by atoms with Crippen LogP contribution in [0, 0.1) is 11.8 Å². The molecule has 2 amide bonds. The summed E-state index contributed by atoms with van der Waals surface area (Å²) < 4.78 is 0. The Morgan fingerprint density at radius 1 is 1.08 bits per heavy atom. The number of likely N-dealkylation sites (tertiary alicyclic amines) is 1. The van der Waals surface area contributed by atoms with E-state index in [4.69, 9.17) is 0 Å². The Morgan fingerprint density at radius 3 is 2.65 bits per heavy atom. The molecule has 0 bridgehead atoms. The zero-order valence-corrected chi connectivity index (χ0v) is 15.8. The zero-order chi connectivity index (χ0) is 18.4. The maximum absolute atomic E-state index is 12.2. The van der Waals surface area contributed by atoms with E-state index in [0.29, 0.717) is 6.54 Å². The molecule has 5 heteroatoms. The molecule has 1 aromatic rings. The van der Waals surface area contributed by atoms with Gasteiger partial charge in [0.15, 0.2) is 0 Å². The third-order valence-corrected chi connectivity index (χ3v) is 5.86. The Labute approximate surface area is 156 Å². The van der Waals surface area contributed by atoms with Gasteiger partial charge in [-0.15, -0.1) is 0 Å². The van der Waals surface area contributed by atoms with Crippen molar-refractivity contribution in [3.05, 3.63) is 29.8 Å². The van der Waals surface area contributed by atoms with Gasteiger partial charge in [0.25, 0.3) is 0 Å². The van der Waals surface area contributed by atoms with Crippen molar-refractivity contribution in [1.29, 1.82) is 0 Å². The Kier molecular flexibility index (Phi) is 6.67. The number of carbonyl (C=O) groups is 2. The number of carbonyl (C=O) groups excluding carboxylic acids is 2. The quantitative estimate of drug-likeness (QED) is 0.823. The van der Waals surface area contributed by atoms with Crippen LogP contribution in [0.3, 0.4) is 0 Å². The highest BCUT2D eigenvalue weighted by molar-refractivity contribution is 5.95. The highest BCUT2D eigenvalue weighted by Gasteiger charge is 2.31. The molecule has 1 saturated carbocycles. The van der Waals surface area contributed by atoms with Gasteiger partial charge < -0.3 is 10.6 Å². The molecule has 0 aromatic heterocycles. The van der Waals surface area contributed by atoms with Gasteiger partial charge in [0, 0.05) is 12.2 Å². The lowest BCUT2D eigenvalue weighted by Crippen LogP contribution is -2.47. The Bertz CT molecular complexity index is 631. The average Bonchev–Trinajstić information content (AvgIpc) is 2.67. The molecule has 26 heavy (non-hydrogen) atoms. The molecule has 1 aliphatic carbocycles. The van der Waals surface area contributed by atoms with E-state index in [1.807, 2.05) is 24.3 Å². The fourth-order valence-electron chi connectivity index (χ4n) is 4.40. The number of hydrogen-bond donors (Lipinski definition) is 2. The molecule has 0 spiro atoms. The Morgan fingerprint density at radius 2 is 1.85 bits per heavy atom. The van der Waals surface area contributed by atoms with Gasteiger partial charge in [-0.05, 0) is 49.3 Å². The van der Waals surface area contributed by atoms with Crippen molar-refractivity contribution in [3.63, 3.8) is 0 Å². The monoisotopic (exact) mass is 357 g/mol. The molecule has 0 radical (unpaired) electrons. The lowest BCUT2D eigenvalue weighted by atomic mass is 9.75. The largest absolute Gasteiger partial charge is 0.346 e. The number of hydrogen-bond acceptors (Lipinski definition) is 3. The molecular formula is C21H31N3O2. The third-order valence-electron chi connectivity index (χ3n) is 5.86. The van der Waals surface area contributed by atoms with Crippen molar-refractivity contribution in [1.82, 2.24) is 10.2 Å². The van der Waals surface area contributed by atoms with E-state index in [0.717, 1.165) is 42.6 Å². The highest BCUT2D eigenvalue weighted by atomic mass is 16.2. The second kappa shape index (κ2) is 9.17. The molecule has 5 nitrogen and oxygen atoms in total. The first-order chi connectivity index (χ1) is 12.7. The van der Waals surface area contributed by atoms with Crippen molar-refractivity contribution in [2.45, 2.75) is 45.4 Å². The van der Waals surface area contributed by atoms with Gasteiger partial charge in [0.2, 0.25) is 11.8 Å². The maximum atomic E-state index is 12.2. The SMILES string of the molecule is CCc1ccccc1NC(=O)CNC(=O)CN1CC[C@@H]2CCCC[C@@H]2C1. The van der Waals surface area contributed by atoms with E-state index in [1.54, 1.807) is 0 Å². The van der Waals surface area contributed by atoms with Gasteiger partial charge in [-0.2, -0.15) is 0 Å². The smallest absolute Gasteiger partial charge is 0.243 e. The van der Waals surface area contributed by atoms with Crippen LogP contribution in [0.25, 0.3) is 0 Å². The van der Waals surface area contributed by atoms with Crippen LogP contribution in [0.1, 0.15) is 44.6 Å². The molecule has 1 aliphatic heterocycles. The zero-order valence-electron chi connectivity index (χ0n) is 15.8. The summed E-state index contributed by atoms with van der Waals surface area (Å²) in [5, 5.41) is 5.66. The van der Waals surface area contributed by atoms with Gasteiger partial charge in [-0.3, -0.25) is 14.5 Å². The van der Waals surface area contributed by atoms with E-state index in [9.17, 15) is 9.59 Å². The van der Waals surface area contributed by atoms with E-state index in [2.05, 4.69) is 22.5 Å². The molecule has 3 rings (SSSR count). The molecule has 1 saturated heterocycles. The van der Waals surface area contributed by atoms with Crippen molar-refractivity contribution in [2.75, 3.05) is 31.5 Å². The number of anilines is 1. The van der Waals surface area contributed by atoms with Crippen LogP contribution in [0.2, 0.25) is 0 Å². The van der Waals surface area contributed by atoms with Crippen LogP contribution in [0.4, 0.5) is 5.69 Å². The molecule has 2 fully saturated rings. The van der Waals surface area contributed by atoms with Crippen LogP contribution in [-0.4, -0.2) is 42.9 Å². The predicted octanol–water partition coefficient (Wildman–Crippen LogP) is 2.82. The summed E-state index contributed by atoms with van der Waals surface area (Å²) in [7, 11) is 0. The molecule has 1 aromatic carbocycles. The number of piperidine rings is 1. The molecular weight excluding hydrogens is 326 g/mol. The number of rotatable bonds is 6. The van der Waals surface area contributed by atoms with Crippen molar-refractivity contribution in [2.24, 2.45) is 11.8 Å². The number of nitrogens with zero attached hydrogens (tertiary/aromatic N) is 1. The standard InChI is InChI=1S/C21H31N3O2/c1-2-16-7-5-6-10-19(16)23-20(25)13-22-21(26)15-24-12-11-17-8-3-4-9-18(17)14-24/h5-7,10,17-18H,2-4,8-9,11-15H2,1H3,(H,22,26)(H,23,25)/t17-,18+/m0/s1. The second-order valence-electron chi connectivity index (χ2n) is 7.66. The fraction of sp³-hybridized carbons (Fsp3) is 0.619. The van der Waals surface area contributed by atoms with Gasteiger partial charge in [-0.1, -0.05) is 44.4 Å². The summed E-state index contributed by atoms with van der Waals surface area (Å²) in [6.07, 6.45) is 7.46. The molecule has 0 unspecified atom stereocenters. The van der Waals surface area contributed by atoms with Crippen LogP contribution in [0.5, 0.6) is 0 Å². The third kappa shape index (κ3) is 5.07. The summed E-state index contributed by atoms with van der Waals surface area (Å²) >= 11 is 0. The number of amides is 2. The average molecular weight is 357 g/mol. The van der Waals surface area contributed by atoms with E-state index in [-0.39, 0.29) is 18.4 Å². The first kappa shape index (κ1) is 18.9. The van der Waals surface area contributed by atoms with Gasteiger partial charge >= 0.3 is 0 Å². The second-order valence-corrected chi connectivity index (χ2v) is 7.66. The normalized spacial score (nSPS) is 23.1. The summed E-state index contributed by atoms with van der Waals surface area (Å²) in [5.41, 5.74) is 1.93. The van der Waals surface area contributed by atoms with Crippen molar-refractivity contribution < 1.29 is 9.59 Å². The van der Waals surface area contributed by atoms with Crippen molar-refractivity contribution >= 4 is 17.5 Å². The highest BCUT2D eigenvalue weighted by Crippen LogP contribution is 2.35. The summed E-state index contributed by atoms with van der Waals surface area (Å²) in [6.45, 7) is 4.53. The van der Waals surface area contributed by atoms with E-state index < -0.39 is 0 Å². The number of fused-ring (bicyclic) bond motifs is 1. The van der Waals surface area contributed by atoms with Gasteiger partial charge in [0.05, 0.1) is 13.1 Å². The Hall–Kier alpha value is -1.88. The fourth-order valence-corrected chi connectivity index (χ4v) is 4.40.